The summed E-state index contributed by atoms with van der Waals surface area (Å²) in [5.41, 5.74) is 0.354. The minimum atomic E-state index is -0.578. The van der Waals surface area contributed by atoms with E-state index in [1.807, 2.05) is 43.4 Å². The minimum absolute atomic E-state index is 0.0527. The van der Waals surface area contributed by atoms with Gasteiger partial charge in [-0.05, 0) is 92.0 Å². The first-order valence-electron chi connectivity index (χ1n) is 11.4. The molecule has 0 aromatic heterocycles. The molecule has 5 nitrogen and oxygen atoms in total. The third kappa shape index (κ3) is 7.05. The SMILES string of the molecule is CC(C)(C)OC(=O)N1CCCCC1CCOc1cc(F)cc(Cc2ccc(I)cc2F)c1C#N. The molecule has 0 bridgehead atoms. The Morgan fingerprint density at radius 3 is 2.65 bits per heavy atom. The molecule has 0 N–H and O–H groups in total. The van der Waals surface area contributed by atoms with Crippen LogP contribution in [-0.4, -0.2) is 35.8 Å². The first kappa shape index (κ1) is 26.2. The lowest BCUT2D eigenvalue weighted by Crippen LogP contribution is -2.46. The number of amides is 1. The van der Waals surface area contributed by atoms with Gasteiger partial charge in [0.2, 0.25) is 0 Å². The number of piperidine rings is 1. The zero-order valence-electron chi connectivity index (χ0n) is 19.7. The normalized spacial score (nSPS) is 16.1. The van der Waals surface area contributed by atoms with Crippen LogP contribution >= 0.6 is 22.6 Å². The van der Waals surface area contributed by atoms with E-state index < -0.39 is 17.2 Å². The van der Waals surface area contributed by atoms with Crippen LogP contribution in [0.3, 0.4) is 0 Å². The molecule has 1 aliphatic rings. The second-order valence-electron chi connectivity index (χ2n) is 9.42. The van der Waals surface area contributed by atoms with Gasteiger partial charge in [0.25, 0.3) is 0 Å². The highest BCUT2D eigenvalue weighted by Gasteiger charge is 2.30. The van der Waals surface area contributed by atoms with Crippen LogP contribution in [0.25, 0.3) is 0 Å². The van der Waals surface area contributed by atoms with E-state index in [0.717, 1.165) is 22.8 Å². The summed E-state index contributed by atoms with van der Waals surface area (Å²) in [5, 5.41) is 9.74. The molecular weight excluding hydrogens is 553 g/mol. The Balaban J connectivity index is 1.71. The van der Waals surface area contributed by atoms with Gasteiger partial charge in [-0.3, -0.25) is 0 Å². The van der Waals surface area contributed by atoms with Crippen LogP contribution in [0.2, 0.25) is 0 Å². The first-order valence-corrected chi connectivity index (χ1v) is 12.4. The van der Waals surface area contributed by atoms with E-state index >= 15 is 0 Å². The molecule has 0 radical (unpaired) electrons. The van der Waals surface area contributed by atoms with E-state index in [9.17, 15) is 18.8 Å². The average molecular weight is 582 g/mol. The van der Waals surface area contributed by atoms with Gasteiger partial charge in [0, 0.05) is 35.1 Å². The fourth-order valence-electron chi connectivity index (χ4n) is 4.05. The number of nitrogens with zero attached hydrogens (tertiary/aromatic N) is 2. The Bertz CT molecular complexity index is 1080. The van der Waals surface area contributed by atoms with Crippen molar-refractivity contribution in [1.82, 2.24) is 4.90 Å². The van der Waals surface area contributed by atoms with Crippen molar-refractivity contribution in [2.45, 2.75) is 64.5 Å². The molecule has 34 heavy (non-hydrogen) atoms. The smallest absolute Gasteiger partial charge is 0.410 e. The molecule has 1 saturated heterocycles. The molecule has 8 heteroatoms. The highest BCUT2D eigenvalue weighted by atomic mass is 127. The van der Waals surface area contributed by atoms with Crippen LogP contribution in [0.1, 0.15) is 63.1 Å². The molecule has 1 aliphatic heterocycles. The lowest BCUT2D eigenvalue weighted by Gasteiger charge is -2.36. The van der Waals surface area contributed by atoms with Crippen molar-refractivity contribution >= 4 is 28.7 Å². The lowest BCUT2D eigenvalue weighted by molar-refractivity contribution is 0.00743. The molecule has 1 fully saturated rings. The van der Waals surface area contributed by atoms with Crippen LogP contribution < -0.4 is 4.74 Å². The summed E-state index contributed by atoms with van der Waals surface area (Å²) >= 11 is 2.02. The summed E-state index contributed by atoms with van der Waals surface area (Å²) in [4.78, 5) is 14.3. The highest BCUT2D eigenvalue weighted by Crippen LogP contribution is 2.28. The number of carbonyl (C=O) groups is 1. The number of likely N-dealkylation sites (tertiary alicyclic amines) is 1. The predicted octanol–water partition coefficient (Wildman–Crippen LogP) is 6.59. The number of nitriles is 1. The Morgan fingerprint density at radius 2 is 1.97 bits per heavy atom. The molecule has 1 unspecified atom stereocenters. The van der Waals surface area contributed by atoms with Crippen LogP contribution in [0.4, 0.5) is 13.6 Å². The maximum atomic E-state index is 14.4. The largest absolute Gasteiger partial charge is 0.492 e. The van der Waals surface area contributed by atoms with Gasteiger partial charge in [0.15, 0.2) is 0 Å². The van der Waals surface area contributed by atoms with Gasteiger partial charge in [-0.25, -0.2) is 13.6 Å². The van der Waals surface area contributed by atoms with E-state index in [-0.39, 0.29) is 36.5 Å². The maximum Gasteiger partial charge on any atom is 0.410 e. The predicted molar refractivity (Wildman–Crippen MR) is 134 cm³/mol. The second-order valence-corrected chi connectivity index (χ2v) is 10.7. The van der Waals surface area contributed by atoms with Crippen LogP contribution in [0.5, 0.6) is 5.75 Å². The number of hydrogen-bond acceptors (Lipinski definition) is 4. The summed E-state index contributed by atoms with van der Waals surface area (Å²) in [5.74, 6) is -0.826. The average Bonchev–Trinajstić information content (AvgIpc) is 2.75. The zero-order chi connectivity index (χ0) is 24.9. The van der Waals surface area contributed by atoms with Gasteiger partial charge >= 0.3 is 6.09 Å². The van der Waals surface area contributed by atoms with Crippen molar-refractivity contribution in [2.24, 2.45) is 0 Å². The van der Waals surface area contributed by atoms with Gasteiger partial charge < -0.3 is 14.4 Å². The van der Waals surface area contributed by atoms with E-state index in [1.54, 1.807) is 17.0 Å². The van der Waals surface area contributed by atoms with Crippen molar-refractivity contribution in [3.8, 4) is 11.8 Å². The monoisotopic (exact) mass is 582 g/mol. The van der Waals surface area contributed by atoms with Gasteiger partial charge in [-0.15, -0.1) is 0 Å². The molecule has 0 aliphatic carbocycles. The van der Waals surface area contributed by atoms with Crippen molar-refractivity contribution in [2.75, 3.05) is 13.2 Å². The molecule has 0 spiro atoms. The topological polar surface area (TPSA) is 62.6 Å². The first-order chi connectivity index (χ1) is 16.1. The van der Waals surface area contributed by atoms with Gasteiger partial charge in [0.05, 0.1) is 12.2 Å². The van der Waals surface area contributed by atoms with Crippen LogP contribution in [0, 0.1) is 26.5 Å². The Kier molecular flexibility index (Phi) is 8.74. The standard InChI is InChI=1S/C26H29F2IN2O3/c1-26(2,3)34-25(32)31-10-5-4-6-21(31)9-11-33-24-14-19(27)13-18(22(24)16-30)12-17-7-8-20(29)15-23(17)28/h7-8,13-15,21H,4-6,9-12H2,1-3H3. The van der Waals surface area contributed by atoms with E-state index in [1.165, 1.54) is 18.2 Å². The fraction of sp³-hybridized carbons (Fsp3) is 0.462. The molecule has 3 rings (SSSR count). The number of carbonyl (C=O) groups excluding carboxylic acids is 1. The van der Waals surface area contributed by atoms with Gasteiger partial charge in [-0.1, -0.05) is 6.07 Å². The van der Waals surface area contributed by atoms with Crippen LogP contribution in [-0.2, 0) is 11.2 Å². The van der Waals surface area contributed by atoms with Crippen molar-refractivity contribution < 1.29 is 23.0 Å². The lowest BCUT2D eigenvalue weighted by atomic mass is 9.98. The highest BCUT2D eigenvalue weighted by molar-refractivity contribution is 14.1. The number of hydrogen-bond donors (Lipinski definition) is 0. The Hall–Kier alpha value is -2.41. The second kappa shape index (κ2) is 11.3. The Morgan fingerprint density at radius 1 is 1.21 bits per heavy atom. The number of ether oxygens (including phenoxy) is 2. The zero-order valence-corrected chi connectivity index (χ0v) is 21.8. The Labute approximate surface area is 213 Å². The molecule has 2 aromatic rings. The molecular formula is C26H29F2IN2O3. The molecule has 1 heterocycles. The van der Waals surface area contributed by atoms with Crippen molar-refractivity contribution in [1.29, 1.82) is 5.26 Å². The van der Waals surface area contributed by atoms with Crippen LogP contribution in [0.15, 0.2) is 30.3 Å². The summed E-state index contributed by atoms with van der Waals surface area (Å²) in [6, 6.07) is 9.26. The number of benzene rings is 2. The maximum absolute atomic E-state index is 14.4. The number of halogens is 3. The van der Waals surface area contributed by atoms with Crippen molar-refractivity contribution in [3.05, 3.63) is 62.2 Å². The van der Waals surface area contributed by atoms with Gasteiger partial charge in [-0.2, -0.15) is 5.26 Å². The summed E-state index contributed by atoms with van der Waals surface area (Å²) in [6.45, 7) is 6.33. The molecule has 1 atom stereocenters. The summed E-state index contributed by atoms with van der Waals surface area (Å²) < 4.78 is 40.8. The van der Waals surface area contributed by atoms with E-state index in [2.05, 4.69) is 6.07 Å². The quantitative estimate of drug-likeness (QED) is 0.361. The molecule has 182 valence electrons. The third-order valence-corrected chi connectivity index (χ3v) is 6.29. The summed E-state index contributed by atoms with van der Waals surface area (Å²) in [6.07, 6.45) is 3.00. The summed E-state index contributed by atoms with van der Waals surface area (Å²) in [7, 11) is 0. The molecule has 0 saturated carbocycles. The van der Waals surface area contributed by atoms with Crippen molar-refractivity contribution in [3.63, 3.8) is 0 Å². The molecule has 2 aromatic carbocycles. The third-order valence-electron chi connectivity index (χ3n) is 5.62. The van der Waals surface area contributed by atoms with Gasteiger partial charge in [0.1, 0.15) is 29.1 Å². The molecule has 1 amide bonds. The fourth-order valence-corrected chi connectivity index (χ4v) is 4.51. The van der Waals surface area contributed by atoms with E-state index in [4.69, 9.17) is 9.47 Å². The minimum Gasteiger partial charge on any atom is -0.492 e. The van der Waals surface area contributed by atoms with E-state index in [0.29, 0.717) is 24.1 Å². The number of rotatable bonds is 6.